The third kappa shape index (κ3) is 7.80. The Balaban J connectivity index is 0.924. The van der Waals surface area contributed by atoms with Gasteiger partial charge in [-0.05, 0) is 81.3 Å². The number of rotatable bonds is 11. The summed E-state index contributed by atoms with van der Waals surface area (Å²) in [6.07, 6.45) is 5.51. The molecule has 4 aromatic rings. The van der Waals surface area contributed by atoms with E-state index in [9.17, 15) is 24.3 Å². The Hall–Kier alpha value is -5.66. The number of aromatic amines is 2. The summed E-state index contributed by atoms with van der Waals surface area (Å²) in [4.78, 5) is 72.1. The number of H-pyrrole nitrogens is 2. The minimum atomic E-state index is -1.20. The number of carbonyl (C=O) groups is 4. The van der Waals surface area contributed by atoms with Gasteiger partial charge in [-0.3, -0.25) is 9.59 Å². The number of imidazole rings is 2. The van der Waals surface area contributed by atoms with Crippen LogP contribution in [-0.2, 0) is 14.3 Å². The molecule has 58 heavy (non-hydrogen) atoms. The second kappa shape index (κ2) is 14.9. The number of ether oxygens (including phenoxy) is 1. The monoisotopic (exact) mass is 790 g/mol. The lowest BCUT2D eigenvalue weighted by molar-refractivity contribution is -0.137. The van der Waals surface area contributed by atoms with Gasteiger partial charge in [0.2, 0.25) is 11.8 Å². The molecule has 5 N–H and O–H groups in total. The van der Waals surface area contributed by atoms with Crippen LogP contribution in [0.3, 0.4) is 0 Å². The Morgan fingerprint density at radius 2 is 1.07 bits per heavy atom. The first kappa shape index (κ1) is 39.2. The molecule has 14 nitrogen and oxygen atoms in total. The molecular weight excluding hydrogens is 737 g/mol. The third-order valence-corrected chi connectivity index (χ3v) is 12.1. The Morgan fingerprint density at radius 3 is 1.45 bits per heavy atom. The first-order chi connectivity index (χ1) is 27.6. The quantitative estimate of drug-likeness (QED) is 0.105. The molecule has 2 saturated heterocycles. The van der Waals surface area contributed by atoms with E-state index in [1.807, 2.05) is 74.2 Å². The van der Waals surface area contributed by atoms with Crippen molar-refractivity contribution in [2.75, 3.05) is 0 Å². The van der Waals surface area contributed by atoms with Crippen molar-refractivity contribution < 1.29 is 29.0 Å². The van der Waals surface area contributed by atoms with Crippen molar-refractivity contribution in [1.82, 2.24) is 40.4 Å². The summed E-state index contributed by atoms with van der Waals surface area (Å²) in [6, 6.07) is 14.8. The average molecular weight is 791 g/mol. The molecule has 8 atom stereocenters. The van der Waals surface area contributed by atoms with Crippen LogP contribution in [0.4, 0.5) is 9.59 Å². The molecular formula is C44H54N8O6. The van der Waals surface area contributed by atoms with Crippen LogP contribution in [-0.4, -0.2) is 88.6 Å². The molecule has 4 amide bonds. The van der Waals surface area contributed by atoms with Crippen molar-refractivity contribution in [1.29, 1.82) is 0 Å². The van der Waals surface area contributed by atoms with E-state index >= 15 is 0 Å². The highest BCUT2D eigenvalue weighted by atomic mass is 16.6. The van der Waals surface area contributed by atoms with Crippen LogP contribution < -0.4 is 10.6 Å². The fourth-order valence-corrected chi connectivity index (χ4v) is 8.93. The van der Waals surface area contributed by atoms with E-state index in [0.717, 1.165) is 65.1 Å². The van der Waals surface area contributed by atoms with Gasteiger partial charge in [0.1, 0.15) is 29.3 Å². The number of hydrogen-bond donors (Lipinski definition) is 5. The molecule has 14 heteroatoms. The zero-order valence-corrected chi connectivity index (χ0v) is 34.2. The second-order valence-corrected chi connectivity index (χ2v) is 18.2. The first-order valence-corrected chi connectivity index (χ1v) is 20.5. The molecule has 2 aromatic heterocycles. The van der Waals surface area contributed by atoms with E-state index in [0.29, 0.717) is 17.7 Å². The normalized spacial score (nSPS) is 24.3. The first-order valence-electron chi connectivity index (χ1n) is 20.5. The number of benzene rings is 2. The van der Waals surface area contributed by atoms with E-state index in [1.54, 1.807) is 20.8 Å². The Kier molecular flexibility index (Phi) is 10.1. The summed E-state index contributed by atoms with van der Waals surface area (Å²) in [5.74, 6) is 1.72. The van der Waals surface area contributed by atoms with E-state index in [1.165, 1.54) is 0 Å². The fraction of sp³-hybridized carbons (Fsp3) is 0.500. The average Bonchev–Trinajstić information content (AvgIpc) is 3.76. The summed E-state index contributed by atoms with van der Waals surface area (Å²) in [7, 11) is 0. The predicted molar refractivity (Wildman–Crippen MR) is 217 cm³/mol. The van der Waals surface area contributed by atoms with Crippen LogP contribution >= 0.6 is 0 Å². The van der Waals surface area contributed by atoms with Gasteiger partial charge in [0.15, 0.2) is 0 Å². The number of aromatic nitrogens is 4. The molecule has 4 aliphatic rings. The van der Waals surface area contributed by atoms with Crippen LogP contribution in [0.2, 0.25) is 0 Å². The number of amides is 4. The van der Waals surface area contributed by atoms with Crippen molar-refractivity contribution in [3.05, 3.63) is 72.6 Å². The van der Waals surface area contributed by atoms with Crippen LogP contribution in [0.15, 0.2) is 60.9 Å². The van der Waals surface area contributed by atoms with Gasteiger partial charge in [0.05, 0.1) is 23.5 Å². The lowest BCUT2D eigenvalue weighted by Gasteiger charge is -2.32. The molecule has 0 radical (unpaired) electrons. The van der Waals surface area contributed by atoms with Gasteiger partial charge in [-0.15, -0.1) is 0 Å². The maximum atomic E-state index is 14.0. The molecule has 2 aliphatic heterocycles. The summed E-state index contributed by atoms with van der Waals surface area (Å²) in [6.45, 7) is 13.0. The molecule has 2 aromatic carbocycles. The van der Waals surface area contributed by atoms with Crippen molar-refractivity contribution in [2.24, 2.45) is 23.7 Å². The van der Waals surface area contributed by atoms with Gasteiger partial charge in [-0.1, -0.05) is 76.2 Å². The minimum absolute atomic E-state index is 0.104. The zero-order valence-electron chi connectivity index (χ0n) is 34.2. The van der Waals surface area contributed by atoms with Gasteiger partial charge < -0.3 is 40.2 Å². The molecule has 2 unspecified atom stereocenters. The molecule has 2 aliphatic carbocycles. The smallest absolute Gasteiger partial charge is 0.408 e. The van der Waals surface area contributed by atoms with E-state index in [2.05, 4.69) is 44.9 Å². The predicted octanol–water partition coefficient (Wildman–Crippen LogP) is 7.30. The molecule has 8 rings (SSSR count). The van der Waals surface area contributed by atoms with Crippen LogP contribution in [0.5, 0.6) is 0 Å². The van der Waals surface area contributed by atoms with Gasteiger partial charge in [0, 0.05) is 35.6 Å². The molecule has 4 heterocycles. The molecule has 0 bridgehead atoms. The number of alkyl carbamates (subject to hydrolysis) is 1. The number of hydrogen-bond acceptors (Lipinski definition) is 7. The number of nitrogens with one attached hydrogen (secondary N) is 4. The Morgan fingerprint density at radius 1 is 0.672 bits per heavy atom. The highest BCUT2D eigenvalue weighted by molar-refractivity contribution is 5.88. The van der Waals surface area contributed by atoms with Crippen molar-refractivity contribution in [3.63, 3.8) is 0 Å². The van der Waals surface area contributed by atoms with Crippen molar-refractivity contribution >= 4 is 24.0 Å². The molecule has 4 fully saturated rings. The van der Waals surface area contributed by atoms with Gasteiger partial charge in [0.25, 0.3) is 0 Å². The molecule has 2 saturated carbocycles. The van der Waals surface area contributed by atoms with Crippen LogP contribution in [0.25, 0.3) is 33.6 Å². The number of piperidine rings is 2. The lowest BCUT2D eigenvalue weighted by Crippen LogP contribution is -2.52. The molecule has 0 spiro atoms. The number of nitrogens with zero attached hydrogens (tertiary/aromatic N) is 4. The summed E-state index contributed by atoms with van der Waals surface area (Å²) in [5, 5.41) is 14.6. The SMILES string of the molecule is CC(C)[C@H](NC(=O)OC(C)(C)C)C(=O)N1C(c2nc(-c3ccc(-c4ccc(-c5c[nH]c([C@@H]6C[C@@H]7C[C@H]7N6C(=O)[C@@H](NC(=O)O)C(C)C)n5)cc4)cc3)c[nH]2)CC2C[C@H]21. The second-order valence-electron chi connectivity index (χ2n) is 18.2. The van der Waals surface area contributed by atoms with Gasteiger partial charge in [-0.25, -0.2) is 19.6 Å². The number of likely N-dealkylation sites (tertiary alicyclic amines) is 2. The third-order valence-electron chi connectivity index (χ3n) is 12.1. The van der Waals surface area contributed by atoms with E-state index in [-0.39, 0.29) is 47.8 Å². The van der Waals surface area contributed by atoms with E-state index in [4.69, 9.17) is 14.7 Å². The zero-order chi connectivity index (χ0) is 41.2. The Bertz CT molecular complexity index is 2190. The van der Waals surface area contributed by atoms with Gasteiger partial charge in [-0.2, -0.15) is 0 Å². The van der Waals surface area contributed by atoms with Crippen LogP contribution in [0.1, 0.15) is 97.9 Å². The maximum absolute atomic E-state index is 14.0. The Labute approximate surface area is 338 Å². The minimum Gasteiger partial charge on any atom is -0.465 e. The topological polar surface area (TPSA) is 186 Å². The van der Waals surface area contributed by atoms with Crippen molar-refractivity contribution in [3.8, 4) is 33.6 Å². The number of fused-ring (bicyclic) bond motifs is 2. The largest absolute Gasteiger partial charge is 0.465 e. The summed E-state index contributed by atoms with van der Waals surface area (Å²) in [5.41, 5.74) is 4.90. The van der Waals surface area contributed by atoms with Gasteiger partial charge >= 0.3 is 12.2 Å². The standard InChI is InChI=1S/C44H54N8O6/c1-22(2)36(49-42(55)56)40(53)51-32-16-28(32)18-34(51)38-45-20-30(47-38)26-12-8-24(9-13-26)25-10-14-27(15-11-25)31-21-46-39(48-31)35-19-29-17-33(29)52(35)41(54)37(23(3)4)50-43(57)58-44(5,6)7/h8-15,20-23,28-29,32-37,49H,16-19H2,1-7H3,(H,45,47)(H,46,48)(H,50,57)(H,55,56)/t28-,29?,32+,33+,34-,35?,36-,37-/m0/s1. The van der Waals surface area contributed by atoms with E-state index < -0.39 is 29.9 Å². The highest BCUT2D eigenvalue weighted by Gasteiger charge is 2.57. The number of carbonyl (C=O) groups excluding carboxylic acids is 3. The maximum Gasteiger partial charge on any atom is 0.408 e. The summed E-state index contributed by atoms with van der Waals surface area (Å²) >= 11 is 0. The molecule has 306 valence electrons. The fourth-order valence-electron chi connectivity index (χ4n) is 8.93. The lowest BCUT2D eigenvalue weighted by atomic mass is 10.0. The summed E-state index contributed by atoms with van der Waals surface area (Å²) < 4.78 is 5.47. The number of carboxylic acid groups (broad SMARTS) is 1. The van der Waals surface area contributed by atoms with Crippen LogP contribution in [0, 0.1) is 23.7 Å². The van der Waals surface area contributed by atoms with Crippen molar-refractivity contribution in [2.45, 2.75) is 116 Å². The highest BCUT2D eigenvalue weighted by Crippen LogP contribution is 2.54.